The summed E-state index contributed by atoms with van der Waals surface area (Å²) in [5, 5.41) is 3.56. The van der Waals surface area contributed by atoms with E-state index in [0.717, 1.165) is 27.7 Å². The summed E-state index contributed by atoms with van der Waals surface area (Å²) in [5.41, 5.74) is 1.39. The third-order valence-corrected chi connectivity index (χ3v) is 4.24. The maximum absolute atomic E-state index is 5.78. The molecule has 0 unspecified atom stereocenters. The molecule has 0 bridgehead atoms. The minimum atomic E-state index is 0.159. The first kappa shape index (κ1) is 17.0. The maximum atomic E-state index is 5.78. The zero-order valence-corrected chi connectivity index (χ0v) is 15.5. The van der Waals surface area contributed by atoms with Crippen LogP contribution in [0.5, 0.6) is 5.75 Å². The minimum Gasteiger partial charge on any atom is -0.489 e. The fourth-order valence-electron chi connectivity index (χ4n) is 1.53. The Bertz CT molecular complexity index is 407. The van der Waals surface area contributed by atoms with Crippen LogP contribution in [0.2, 0.25) is 0 Å². The zero-order valence-electron chi connectivity index (χ0n) is 12.3. The summed E-state index contributed by atoms with van der Waals surface area (Å²) >= 11 is 7.16. The zero-order chi connectivity index (χ0) is 14.6. The number of ether oxygens (including phenoxy) is 1. The van der Waals surface area contributed by atoms with Crippen molar-refractivity contribution in [1.29, 1.82) is 0 Å². The average Bonchev–Trinajstić information content (AvgIpc) is 2.31. The fraction of sp³-hybridized carbons (Fsp3) is 0.600. The summed E-state index contributed by atoms with van der Waals surface area (Å²) in [6.45, 7) is 11.5. The van der Waals surface area contributed by atoms with Gasteiger partial charge in [-0.2, -0.15) is 0 Å². The van der Waals surface area contributed by atoms with E-state index in [9.17, 15) is 0 Å². The third-order valence-electron chi connectivity index (χ3n) is 3.07. The normalized spacial score (nSPS) is 12.0. The molecular formula is C15H23Br2NO. The molecule has 19 heavy (non-hydrogen) atoms. The van der Waals surface area contributed by atoms with Crippen LogP contribution in [-0.4, -0.2) is 11.6 Å². The van der Waals surface area contributed by atoms with E-state index in [4.69, 9.17) is 4.74 Å². The lowest BCUT2D eigenvalue weighted by Gasteiger charge is -2.25. The van der Waals surface area contributed by atoms with Crippen LogP contribution in [-0.2, 0) is 6.54 Å². The van der Waals surface area contributed by atoms with Crippen molar-refractivity contribution in [3.05, 3.63) is 26.6 Å². The molecule has 0 aromatic heterocycles. The molecule has 1 aromatic carbocycles. The molecule has 0 saturated heterocycles. The van der Waals surface area contributed by atoms with Gasteiger partial charge in [0.25, 0.3) is 0 Å². The third kappa shape index (κ3) is 5.44. The molecule has 0 spiro atoms. The topological polar surface area (TPSA) is 21.3 Å². The molecular weight excluding hydrogens is 370 g/mol. The van der Waals surface area contributed by atoms with Crippen LogP contribution < -0.4 is 10.1 Å². The molecule has 108 valence electrons. The van der Waals surface area contributed by atoms with Gasteiger partial charge >= 0.3 is 0 Å². The van der Waals surface area contributed by atoms with E-state index in [2.05, 4.69) is 70.1 Å². The Hall–Kier alpha value is -0.0600. The SMILES string of the molecule is CCC(C)(C)NCc1cc(Br)c(OC(C)C)c(Br)c1. The quantitative estimate of drug-likeness (QED) is 0.711. The summed E-state index contributed by atoms with van der Waals surface area (Å²) in [6.07, 6.45) is 1.26. The predicted octanol–water partition coefficient (Wildman–Crippen LogP) is 5.28. The van der Waals surface area contributed by atoms with Crippen LogP contribution in [0.3, 0.4) is 0 Å². The number of halogens is 2. The van der Waals surface area contributed by atoms with Crippen molar-refractivity contribution >= 4 is 31.9 Å². The Kier molecular flexibility index (Phi) is 6.34. The summed E-state index contributed by atoms with van der Waals surface area (Å²) in [6, 6.07) is 4.22. The smallest absolute Gasteiger partial charge is 0.148 e. The number of nitrogens with one attached hydrogen (secondary N) is 1. The van der Waals surface area contributed by atoms with Crippen LogP contribution >= 0.6 is 31.9 Å². The molecule has 0 radical (unpaired) electrons. The van der Waals surface area contributed by atoms with Crippen molar-refractivity contribution in [3.8, 4) is 5.75 Å². The fourth-order valence-corrected chi connectivity index (χ4v) is 3.00. The first-order chi connectivity index (χ1) is 8.75. The lowest BCUT2D eigenvalue weighted by molar-refractivity contribution is 0.239. The Labute approximate surface area is 133 Å². The van der Waals surface area contributed by atoms with Gasteiger partial charge < -0.3 is 10.1 Å². The standard InChI is InChI=1S/C15H23Br2NO/c1-6-15(4,5)18-9-11-7-12(16)14(13(17)8-11)19-10(2)3/h7-8,10,18H,6,9H2,1-5H3. The number of benzene rings is 1. The van der Waals surface area contributed by atoms with Crippen molar-refractivity contribution in [2.75, 3.05) is 0 Å². The molecule has 2 nitrogen and oxygen atoms in total. The molecule has 0 aliphatic heterocycles. The summed E-state index contributed by atoms with van der Waals surface area (Å²) < 4.78 is 7.76. The van der Waals surface area contributed by atoms with Crippen LogP contribution in [0.1, 0.15) is 46.6 Å². The van der Waals surface area contributed by atoms with Crippen molar-refractivity contribution in [2.45, 2.75) is 59.2 Å². The second kappa shape index (κ2) is 7.09. The highest BCUT2D eigenvalue weighted by molar-refractivity contribution is 9.11. The molecule has 1 N–H and O–H groups in total. The molecule has 1 rings (SSSR count). The van der Waals surface area contributed by atoms with Gasteiger partial charge in [0.15, 0.2) is 0 Å². The highest BCUT2D eigenvalue weighted by atomic mass is 79.9. The van der Waals surface area contributed by atoms with Gasteiger partial charge in [0.2, 0.25) is 0 Å². The van der Waals surface area contributed by atoms with Gasteiger partial charge in [0, 0.05) is 12.1 Å². The van der Waals surface area contributed by atoms with Gasteiger partial charge in [-0.05, 0) is 83.7 Å². The predicted molar refractivity (Wildman–Crippen MR) is 88.8 cm³/mol. The van der Waals surface area contributed by atoms with Gasteiger partial charge in [0.1, 0.15) is 5.75 Å². The number of rotatable bonds is 6. The monoisotopic (exact) mass is 391 g/mol. The van der Waals surface area contributed by atoms with Crippen LogP contribution in [0.25, 0.3) is 0 Å². The summed E-state index contributed by atoms with van der Waals surface area (Å²) in [4.78, 5) is 0. The van der Waals surface area contributed by atoms with Gasteiger partial charge in [-0.1, -0.05) is 6.92 Å². The molecule has 0 fully saturated rings. The molecule has 1 aromatic rings. The van der Waals surface area contributed by atoms with Crippen molar-refractivity contribution in [1.82, 2.24) is 5.32 Å². The molecule has 0 aliphatic carbocycles. The highest BCUT2D eigenvalue weighted by Gasteiger charge is 2.15. The number of hydrogen-bond donors (Lipinski definition) is 1. The minimum absolute atomic E-state index is 0.159. The van der Waals surface area contributed by atoms with Crippen LogP contribution in [0, 0.1) is 0 Å². The summed E-state index contributed by atoms with van der Waals surface area (Å²) in [7, 11) is 0. The van der Waals surface area contributed by atoms with Crippen LogP contribution in [0.4, 0.5) is 0 Å². The Morgan fingerprint density at radius 2 is 1.74 bits per heavy atom. The molecule has 0 amide bonds. The van der Waals surface area contributed by atoms with E-state index in [1.165, 1.54) is 5.56 Å². The van der Waals surface area contributed by atoms with Gasteiger partial charge in [0.05, 0.1) is 15.0 Å². The van der Waals surface area contributed by atoms with E-state index in [1.54, 1.807) is 0 Å². The lowest BCUT2D eigenvalue weighted by atomic mass is 10.0. The summed E-state index contributed by atoms with van der Waals surface area (Å²) in [5.74, 6) is 0.869. The maximum Gasteiger partial charge on any atom is 0.148 e. The largest absolute Gasteiger partial charge is 0.489 e. The van der Waals surface area contributed by atoms with Crippen molar-refractivity contribution < 1.29 is 4.74 Å². The lowest BCUT2D eigenvalue weighted by Crippen LogP contribution is -2.37. The first-order valence-electron chi connectivity index (χ1n) is 6.64. The van der Waals surface area contributed by atoms with Gasteiger partial charge in [-0.3, -0.25) is 0 Å². The van der Waals surface area contributed by atoms with E-state index in [1.807, 2.05) is 13.8 Å². The van der Waals surface area contributed by atoms with Crippen molar-refractivity contribution in [2.24, 2.45) is 0 Å². The van der Waals surface area contributed by atoms with E-state index >= 15 is 0 Å². The van der Waals surface area contributed by atoms with Crippen molar-refractivity contribution in [3.63, 3.8) is 0 Å². The molecule has 0 heterocycles. The highest BCUT2D eigenvalue weighted by Crippen LogP contribution is 2.35. The van der Waals surface area contributed by atoms with E-state index in [-0.39, 0.29) is 11.6 Å². The Morgan fingerprint density at radius 3 is 2.16 bits per heavy atom. The van der Waals surface area contributed by atoms with E-state index < -0.39 is 0 Å². The first-order valence-corrected chi connectivity index (χ1v) is 8.23. The molecule has 0 saturated carbocycles. The second-order valence-corrected chi connectivity index (χ2v) is 7.35. The van der Waals surface area contributed by atoms with Gasteiger partial charge in [-0.15, -0.1) is 0 Å². The molecule has 4 heteroatoms. The molecule has 0 atom stereocenters. The van der Waals surface area contributed by atoms with E-state index in [0.29, 0.717) is 0 Å². The van der Waals surface area contributed by atoms with Gasteiger partial charge in [-0.25, -0.2) is 0 Å². The average molecular weight is 393 g/mol. The second-order valence-electron chi connectivity index (χ2n) is 5.65. The number of hydrogen-bond acceptors (Lipinski definition) is 2. The molecule has 0 aliphatic rings. The van der Waals surface area contributed by atoms with Crippen LogP contribution in [0.15, 0.2) is 21.1 Å². The Morgan fingerprint density at radius 1 is 1.21 bits per heavy atom. The Balaban J connectivity index is 2.83.